The van der Waals surface area contributed by atoms with Gasteiger partial charge in [0.1, 0.15) is 0 Å². The number of aliphatic hydroxyl groups is 1. The topological polar surface area (TPSA) is 47.9 Å². The number of hydrogen-bond acceptors (Lipinski definition) is 4. The van der Waals surface area contributed by atoms with Crippen LogP contribution in [0.4, 0.5) is 0 Å². The van der Waals surface area contributed by atoms with Crippen molar-refractivity contribution >= 4 is 0 Å². The van der Waals surface area contributed by atoms with Crippen molar-refractivity contribution in [2.45, 2.75) is 32.5 Å². The molecule has 0 aliphatic heterocycles. The Labute approximate surface area is 86.2 Å². The van der Waals surface area contributed by atoms with Crippen molar-refractivity contribution in [1.29, 1.82) is 0 Å². The lowest BCUT2D eigenvalue weighted by atomic mass is 10.1. The summed E-state index contributed by atoms with van der Waals surface area (Å²) in [5.41, 5.74) is 0. The predicted octanol–water partition coefficient (Wildman–Crippen LogP) is 1.17. The van der Waals surface area contributed by atoms with Gasteiger partial charge < -0.3 is 19.3 Å². The van der Waals surface area contributed by atoms with Crippen LogP contribution in [-0.2, 0) is 14.2 Å². The first-order valence-electron chi connectivity index (χ1n) is 5.12. The zero-order valence-corrected chi connectivity index (χ0v) is 9.41. The standard InChI is InChI=1S/C10H22O4/c1-4-13-10(6-8-11,14-5-2)7-9-12-3/h11H,4-9H2,1-3H3. The van der Waals surface area contributed by atoms with Crippen molar-refractivity contribution in [2.75, 3.05) is 33.5 Å². The summed E-state index contributed by atoms with van der Waals surface area (Å²) >= 11 is 0. The first-order chi connectivity index (χ1) is 6.74. The summed E-state index contributed by atoms with van der Waals surface area (Å²) < 4.78 is 16.1. The quantitative estimate of drug-likeness (QED) is 0.575. The molecule has 86 valence electrons. The van der Waals surface area contributed by atoms with Gasteiger partial charge in [0.25, 0.3) is 0 Å². The Morgan fingerprint density at radius 2 is 1.64 bits per heavy atom. The highest BCUT2D eigenvalue weighted by Gasteiger charge is 2.30. The van der Waals surface area contributed by atoms with Gasteiger partial charge in [0.15, 0.2) is 5.79 Å². The van der Waals surface area contributed by atoms with Gasteiger partial charge in [0.05, 0.1) is 6.61 Å². The lowest BCUT2D eigenvalue weighted by Gasteiger charge is -2.32. The summed E-state index contributed by atoms with van der Waals surface area (Å²) in [4.78, 5) is 0. The summed E-state index contributed by atoms with van der Waals surface area (Å²) in [6, 6.07) is 0. The molecule has 0 aromatic rings. The molecule has 0 bridgehead atoms. The Kier molecular flexibility index (Phi) is 8.08. The van der Waals surface area contributed by atoms with E-state index in [1.165, 1.54) is 0 Å². The molecule has 0 aliphatic rings. The lowest BCUT2D eigenvalue weighted by molar-refractivity contribution is -0.247. The van der Waals surface area contributed by atoms with Crippen LogP contribution >= 0.6 is 0 Å². The molecule has 0 fully saturated rings. The van der Waals surface area contributed by atoms with Gasteiger partial charge >= 0.3 is 0 Å². The van der Waals surface area contributed by atoms with Crippen LogP contribution in [0.1, 0.15) is 26.7 Å². The second-order valence-electron chi connectivity index (χ2n) is 2.99. The molecular weight excluding hydrogens is 184 g/mol. The van der Waals surface area contributed by atoms with Crippen LogP contribution in [0, 0.1) is 0 Å². The van der Waals surface area contributed by atoms with Gasteiger partial charge in [-0.2, -0.15) is 0 Å². The monoisotopic (exact) mass is 206 g/mol. The van der Waals surface area contributed by atoms with Crippen molar-refractivity contribution < 1.29 is 19.3 Å². The van der Waals surface area contributed by atoms with E-state index < -0.39 is 5.79 Å². The maximum Gasteiger partial charge on any atom is 0.172 e. The molecule has 0 aromatic heterocycles. The normalized spacial score (nSPS) is 12.0. The highest BCUT2D eigenvalue weighted by molar-refractivity contribution is 4.69. The van der Waals surface area contributed by atoms with E-state index >= 15 is 0 Å². The summed E-state index contributed by atoms with van der Waals surface area (Å²) in [7, 11) is 1.64. The maximum atomic E-state index is 8.95. The minimum atomic E-state index is -0.672. The Hall–Kier alpha value is -0.160. The van der Waals surface area contributed by atoms with Gasteiger partial charge in [-0.15, -0.1) is 0 Å². The Morgan fingerprint density at radius 3 is 2.00 bits per heavy atom. The van der Waals surface area contributed by atoms with Crippen molar-refractivity contribution in [3.05, 3.63) is 0 Å². The number of ether oxygens (including phenoxy) is 3. The van der Waals surface area contributed by atoms with Crippen LogP contribution in [0.15, 0.2) is 0 Å². The second kappa shape index (κ2) is 8.17. The van der Waals surface area contributed by atoms with E-state index in [9.17, 15) is 0 Å². The Balaban J connectivity index is 4.21. The first kappa shape index (κ1) is 13.8. The molecule has 4 nitrogen and oxygen atoms in total. The molecule has 0 aromatic carbocycles. The van der Waals surface area contributed by atoms with Gasteiger partial charge in [-0.1, -0.05) is 0 Å². The fraction of sp³-hybridized carbons (Fsp3) is 1.00. The van der Waals surface area contributed by atoms with E-state index in [4.69, 9.17) is 19.3 Å². The van der Waals surface area contributed by atoms with Crippen LogP contribution < -0.4 is 0 Å². The average molecular weight is 206 g/mol. The molecule has 0 unspecified atom stereocenters. The van der Waals surface area contributed by atoms with Gasteiger partial charge in [0.2, 0.25) is 0 Å². The van der Waals surface area contributed by atoms with E-state index in [0.29, 0.717) is 32.7 Å². The first-order valence-corrected chi connectivity index (χ1v) is 5.12. The smallest absolute Gasteiger partial charge is 0.172 e. The minimum absolute atomic E-state index is 0.0592. The maximum absolute atomic E-state index is 8.95. The Morgan fingerprint density at radius 1 is 1.07 bits per heavy atom. The Bertz CT molecular complexity index is 110. The molecule has 14 heavy (non-hydrogen) atoms. The molecule has 0 atom stereocenters. The van der Waals surface area contributed by atoms with Crippen LogP contribution in [0.2, 0.25) is 0 Å². The summed E-state index contributed by atoms with van der Waals surface area (Å²) in [6.07, 6.45) is 1.13. The molecule has 0 saturated heterocycles. The van der Waals surface area contributed by atoms with E-state index in [2.05, 4.69) is 0 Å². The van der Waals surface area contributed by atoms with Crippen molar-refractivity contribution in [2.24, 2.45) is 0 Å². The van der Waals surface area contributed by atoms with E-state index in [0.717, 1.165) is 0 Å². The largest absolute Gasteiger partial charge is 0.396 e. The third-order valence-corrected chi connectivity index (χ3v) is 1.99. The van der Waals surface area contributed by atoms with E-state index in [1.807, 2.05) is 13.8 Å². The average Bonchev–Trinajstić information content (AvgIpc) is 2.16. The molecule has 4 heteroatoms. The number of aliphatic hydroxyl groups excluding tert-OH is 1. The van der Waals surface area contributed by atoms with E-state index in [-0.39, 0.29) is 6.61 Å². The van der Waals surface area contributed by atoms with Gasteiger partial charge in [-0.05, 0) is 13.8 Å². The molecule has 0 radical (unpaired) electrons. The number of hydrogen-bond donors (Lipinski definition) is 1. The highest BCUT2D eigenvalue weighted by atomic mass is 16.7. The van der Waals surface area contributed by atoms with Gasteiger partial charge in [0, 0.05) is 39.8 Å². The number of methoxy groups -OCH3 is 1. The molecular formula is C10H22O4. The van der Waals surface area contributed by atoms with Crippen LogP contribution in [0.3, 0.4) is 0 Å². The second-order valence-corrected chi connectivity index (χ2v) is 2.99. The minimum Gasteiger partial charge on any atom is -0.396 e. The predicted molar refractivity (Wildman–Crippen MR) is 54.2 cm³/mol. The zero-order chi connectivity index (χ0) is 10.9. The van der Waals surface area contributed by atoms with Crippen LogP contribution in [0.5, 0.6) is 0 Å². The SMILES string of the molecule is CCOC(CCO)(CCOC)OCC. The molecule has 0 heterocycles. The molecule has 0 amide bonds. The fourth-order valence-corrected chi connectivity index (χ4v) is 1.41. The lowest BCUT2D eigenvalue weighted by Crippen LogP contribution is -2.38. The molecule has 1 N–H and O–H groups in total. The van der Waals surface area contributed by atoms with Crippen molar-refractivity contribution in [1.82, 2.24) is 0 Å². The van der Waals surface area contributed by atoms with Crippen molar-refractivity contribution in [3.8, 4) is 0 Å². The highest BCUT2D eigenvalue weighted by Crippen LogP contribution is 2.22. The van der Waals surface area contributed by atoms with E-state index in [1.54, 1.807) is 7.11 Å². The molecule has 0 spiro atoms. The number of rotatable bonds is 9. The van der Waals surface area contributed by atoms with Gasteiger partial charge in [-0.25, -0.2) is 0 Å². The third-order valence-electron chi connectivity index (χ3n) is 1.99. The molecule has 0 rings (SSSR count). The van der Waals surface area contributed by atoms with Crippen LogP contribution in [-0.4, -0.2) is 44.4 Å². The summed E-state index contributed by atoms with van der Waals surface area (Å²) in [6.45, 7) is 5.60. The zero-order valence-electron chi connectivity index (χ0n) is 9.41. The van der Waals surface area contributed by atoms with Crippen molar-refractivity contribution in [3.63, 3.8) is 0 Å². The fourth-order valence-electron chi connectivity index (χ4n) is 1.41. The molecule has 0 saturated carbocycles. The van der Waals surface area contributed by atoms with Gasteiger partial charge in [-0.3, -0.25) is 0 Å². The summed E-state index contributed by atoms with van der Waals surface area (Å²) in [5, 5.41) is 8.95. The molecule has 0 aliphatic carbocycles. The third kappa shape index (κ3) is 4.91. The summed E-state index contributed by atoms with van der Waals surface area (Å²) in [5.74, 6) is -0.672. The van der Waals surface area contributed by atoms with Crippen LogP contribution in [0.25, 0.3) is 0 Å².